The molecule has 3 nitrogen and oxygen atoms in total. The van der Waals surface area contributed by atoms with Crippen LogP contribution in [-0.2, 0) is 4.79 Å². The first kappa shape index (κ1) is 12.3. The first-order chi connectivity index (χ1) is 6.88. The van der Waals surface area contributed by atoms with Crippen LogP contribution in [0.1, 0.15) is 19.3 Å². The fourth-order valence-electron chi connectivity index (χ4n) is 1.81. The molecule has 88 valence electrons. The molecule has 1 N–H and O–H groups in total. The van der Waals surface area contributed by atoms with Crippen LogP contribution in [0.25, 0.3) is 0 Å². The quantitative estimate of drug-likeness (QED) is 0.778. The number of halogens is 3. The lowest BCUT2D eigenvalue weighted by Crippen LogP contribution is -2.35. The van der Waals surface area contributed by atoms with Gasteiger partial charge in [0.25, 0.3) is 0 Å². The molecular weight excluding hydrogens is 211 g/mol. The zero-order valence-corrected chi connectivity index (χ0v) is 8.26. The second kappa shape index (κ2) is 4.83. The van der Waals surface area contributed by atoms with Crippen molar-refractivity contribution in [3.05, 3.63) is 0 Å². The third kappa shape index (κ3) is 4.51. The van der Waals surface area contributed by atoms with Crippen molar-refractivity contribution in [3.8, 4) is 0 Å². The topological polar surface area (TPSA) is 40.5 Å². The normalized spacial score (nSPS) is 24.9. The Morgan fingerprint density at radius 1 is 1.33 bits per heavy atom. The zero-order chi connectivity index (χ0) is 11.5. The number of nitrogens with zero attached hydrogens (tertiary/aromatic N) is 1. The highest BCUT2D eigenvalue weighted by atomic mass is 19.4. The van der Waals surface area contributed by atoms with E-state index in [2.05, 4.69) is 0 Å². The van der Waals surface area contributed by atoms with Crippen molar-refractivity contribution in [2.24, 2.45) is 5.92 Å². The molecule has 0 aromatic carbocycles. The van der Waals surface area contributed by atoms with E-state index in [0.717, 1.165) is 0 Å². The van der Waals surface area contributed by atoms with Gasteiger partial charge in [-0.1, -0.05) is 0 Å². The van der Waals surface area contributed by atoms with Gasteiger partial charge in [-0.25, -0.2) is 0 Å². The van der Waals surface area contributed by atoms with Crippen LogP contribution in [0.2, 0.25) is 0 Å². The minimum atomic E-state index is -4.19. The Labute approximate surface area is 85.9 Å². The van der Waals surface area contributed by atoms with Gasteiger partial charge >= 0.3 is 12.1 Å². The van der Waals surface area contributed by atoms with E-state index >= 15 is 0 Å². The number of likely N-dealkylation sites (tertiary alicyclic amines) is 1. The molecule has 1 heterocycles. The molecule has 0 aromatic rings. The summed E-state index contributed by atoms with van der Waals surface area (Å²) in [6.07, 6.45) is -2.88. The first-order valence-electron chi connectivity index (χ1n) is 4.90. The third-order valence-electron chi connectivity index (χ3n) is 2.57. The van der Waals surface area contributed by atoms with E-state index in [4.69, 9.17) is 5.11 Å². The molecule has 6 heteroatoms. The van der Waals surface area contributed by atoms with Gasteiger partial charge in [0.15, 0.2) is 0 Å². The van der Waals surface area contributed by atoms with Gasteiger partial charge in [0.2, 0.25) is 0 Å². The molecule has 1 rings (SSSR count). The number of alkyl halides is 3. The van der Waals surface area contributed by atoms with Gasteiger partial charge in [-0.3, -0.25) is 9.69 Å². The van der Waals surface area contributed by atoms with Gasteiger partial charge < -0.3 is 5.11 Å². The molecule has 0 bridgehead atoms. The molecule has 15 heavy (non-hydrogen) atoms. The van der Waals surface area contributed by atoms with Crippen molar-refractivity contribution in [2.45, 2.75) is 25.4 Å². The molecule has 1 fully saturated rings. The monoisotopic (exact) mass is 225 g/mol. The Morgan fingerprint density at radius 2 is 2.00 bits per heavy atom. The van der Waals surface area contributed by atoms with Gasteiger partial charge in [0.05, 0.1) is 12.5 Å². The Morgan fingerprint density at radius 3 is 2.53 bits per heavy atom. The van der Waals surface area contributed by atoms with Gasteiger partial charge in [-0.2, -0.15) is 13.2 Å². The van der Waals surface area contributed by atoms with Crippen LogP contribution in [0.4, 0.5) is 13.2 Å². The summed E-state index contributed by atoms with van der Waals surface area (Å²) in [5.41, 5.74) is 0. The van der Waals surface area contributed by atoms with Gasteiger partial charge in [0, 0.05) is 0 Å². The molecule has 0 aliphatic carbocycles. The number of carbonyl (C=O) groups is 1. The summed E-state index contributed by atoms with van der Waals surface area (Å²) in [4.78, 5) is 11.9. The fraction of sp³-hybridized carbons (Fsp3) is 0.889. The summed E-state index contributed by atoms with van der Waals surface area (Å²) in [6, 6.07) is 0. The SMILES string of the molecule is O=C(O)[C@@H]1CCCN(CC(F)(F)F)CC1. The molecule has 0 unspecified atom stereocenters. The Bertz CT molecular complexity index is 230. The molecule has 1 aliphatic rings. The summed E-state index contributed by atoms with van der Waals surface area (Å²) < 4.78 is 36.2. The highest BCUT2D eigenvalue weighted by Crippen LogP contribution is 2.22. The average Bonchev–Trinajstić information content (AvgIpc) is 2.26. The lowest BCUT2D eigenvalue weighted by Gasteiger charge is -2.21. The Kier molecular flexibility index (Phi) is 3.96. The molecule has 0 amide bonds. The van der Waals surface area contributed by atoms with E-state index in [1.807, 2.05) is 0 Å². The summed E-state index contributed by atoms with van der Waals surface area (Å²) >= 11 is 0. The predicted octanol–water partition coefficient (Wildman–Crippen LogP) is 1.74. The van der Waals surface area contributed by atoms with Gasteiger partial charge in [-0.05, 0) is 32.4 Å². The molecule has 0 radical (unpaired) electrons. The maximum Gasteiger partial charge on any atom is 0.401 e. The van der Waals surface area contributed by atoms with Crippen molar-refractivity contribution >= 4 is 5.97 Å². The number of carboxylic acid groups (broad SMARTS) is 1. The number of hydrogen-bond acceptors (Lipinski definition) is 2. The highest BCUT2D eigenvalue weighted by molar-refractivity contribution is 5.69. The number of carboxylic acids is 1. The third-order valence-corrected chi connectivity index (χ3v) is 2.57. The van der Waals surface area contributed by atoms with Crippen molar-refractivity contribution in [1.29, 1.82) is 0 Å². The number of rotatable bonds is 2. The molecular formula is C9H14F3NO2. The van der Waals surface area contributed by atoms with Crippen molar-refractivity contribution in [3.63, 3.8) is 0 Å². The van der Waals surface area contributed by atoms with E-state index in [0.29, 0.717) is 25.8 Å². The van der Waals surface area contributed by atoms with Crippen molar-refractivity contribution in [1.82, 2.24) is 4.90 Å². The summed E-state index contributed by atoms with van der Waals surface area (Å²) in [5.74, 6) is -1.38. The second-order valence-electron chi connectivity index (χ2n) is 3.86. The molecule has 0 spiro atoms. The minimum absolute atomic E-state index is 0.219. The van der Waals surface area contributed by atoms with E-state index in [-0.39, 0.29) is 6.54 Å². The van der Waals surface area contributed by atoms with E-state index in [9.17, 15) is 18.0 Å². The van der Waals surface area contributed by atoms with E-state index < -0.39 is 24.6 Å². The largest absolute Gasteiger partial charge is 0.481 e. The highest BCUT2D eigenvalue weighted by Gasteiger charge is 2.32. The van der Waals surface area contributed by atoms with Gasteiger partial charge in [-0.15, -0.1) is 0 Å². The molecule has 0 aromatic heterocycles. The van der Waals surface area contributed by atoms with Crippen molar-refractivity contribution in [2.75, 3.05) is 19.6 Å². The van der Waals surface area contributed by atoms with Gasteiger partial charge in [0.1, 0.15) is 0 Å². The number of aliphatic carboxylic acids is 1. The maximum atomic E-state index is 12.1. The fourth-order valence-corrected chi connectivity index (χ4v) is 1.81. The number of hydrogen-bond donors (Lipinski definition) is 1. The molecule has 0 saturated carbocycles. The van der Waals surface area contributed by atoms with E-state index in [1.165, 1.54) is 4.90 Å². The Balaban J connectivity index is 2.42. The van der Waals surface area contributed by atoms with Crippen LogP contribution in [0.15, 0.2) is 0 Å². The molecule has 1 saturated heterocycles. The Hall–Kier alpha value is -0.780. The van der Waals surface area contributed by atoms with Crippen LogP contribution in [0.3, 0.4) is 0 Å². The maximum absolute atomic E-state index is 12.1. The second-order valence-corrected chi connectivity index (χ2v) is 3.86. The summed E-state index contributed by atoms with van der Waals surface area (Å²) in [5, 5.41) is 8.74. The lowest BCUT2D eigenvalue weighted by molar-refractivity contribution is -0.146. The predicted molar refractivity (Wildman–Crippen MR) is 47.5 cm³/mol. The van der Waals surface area contributed by atoms with Crippen LogP contribution >= 0.6 is 0 Å². The minimum Gasteiger partial charge on any atom is -0.481 e. The first-order valence-corrected chi connectivity index (χ1v) is 4.90. The molecule has 1 aliphatic heterocycles. The average molecular weight is 225 g/mol. The molecule has 1 atom stereocenters. The smallest absolute Gasteiger partial charge is 0.401 e. The zero-order valence-electron chi connectivity index (χ0n) is 8.26. The van der Waals surface area contributed by atoms with Crippen molar-refractivity contribution < 1.29 is 23.1 Å². The lowest BCUT2D eigenvalue weighted by atomic mass is 10.0. The summed E-state index contributed by atoms with van der Waals surface area (Å²) in [7, 11) is 0. The van der Waals surface area contributed by atoms with Crippen LogP contribution < -0.4 is 0 Å². The standard InChI is InChI=1S/C9H14F3NO2/c10-9(11,12)6-13-4-1-2-7(3-5-13)8(14)15/h7H,1-6H2,(H,14,15)/t7-/m1/s1. The van der Waals surface area contributed by atoms with Crippen LogP contribution in [0, 0.1) is 5.92 Å². The van der Waals surface area contributed by atoms with E-state index in [1.54, 1.807) is 0 Å². The van der Waals surface area contributed by atoms with Crippen LogP contribution in [-0.4, -0.2) is 41.8 Å². The van der Waals surface area contributed by atoms with Crippen LogP contribution in [0.5, 0.6) is 0 Å². The summed E-state index contributed by atoms with van der Waals surface area (Å²) in [6.45, 7) is -0.376.